The van der Waals surface area contributed by atoms with Crippen LogP contribution in [0.2, 0.25) is 0 Å². The van der Waals surface area contributed by atoms with E-state index in [2.05, 4.69) is 18.9 Å². The highest BCUT2D eigenvalue weighted by atomic mass is 16.1. The van der Waals surface area contributed by atoms with Crippen molar-refractivity contribution >= 4 is 0 Å². The highest BCUT2D eigenvalue weighted by Gasteiger charge is 2.14. The third-order valence-corrected chi connectivity index (χ3v) is 3.05. The van der Waals surface area contributed by atoms with E-state index >= 15 is 0 Å². The van der Waals surface area contributed by atoms with Crippen LogP contribution in [0.25, 0.3) is 5.69 Å². The number of rotatable bonds is 4. The fourth-order valence-electron chi connectivity index (χ4n) is 2.22. The number of nitrogens with one attached hydrogen (secondary N) is 1. The van der Waals surface area contributed by atoms with Gasteiger partial charge in [-0.1, -0.05) is 39.0 Å². The minimum absolute atomic E-state index is 0.0827. The molecule has 1 aromatic carbocycles. The van der Waals surface area contributed by atoms with Crippen LogP contribution in [0.3, 0.4) is 0 Å². The Morgan fingerprint density at radius 3 is 2.44 bits per heavy atom. The van der Waals surface area contributed by atoms with Gasteiger partial charge in [0.25, 0.3) is 5.56 Å². The van der Waals surface area contributed by atoms with Gasteiger partial charge >= 0.3 is 0 Å². The van der Waals surface area contributed by atoms with E-state index in [4.69, 9.17) is 0 Å². The summed E-state index contributed by atoms with van der Waals surface area (Å²) in [5, 5.41) is 3.25. The van der Waals surface area contributed by atoms with Gasteiger partial charge in [-0.25, -0.2) is 4.68 Å². The third kappa shape index (κ3) is 2.40. The summed E-state index contributed by atoms with van der Waals surface area (Å²) in [6.07, 6.45) is 1.69. The van der Waals surface area contributed by atoms with Crippen molar-refractivity contribution in [2.24, 2.45) is 5.92 Å². The molecule has 0 bridgehead atoms. The van der Waals surface area contributed by atoms with E-state index in [0.29, 0.717) is 5.92 Å². The van der Waals surface area contributed by atoms with E-state index in [0.717, 1.165) is 29.8 Å². The lowest BCUT2D eigenvalue weighted by Gasteiger charge is -2.04. The molecule has 0 radical (unpaired) electrons. The minimum atomic E-state index is 0.0827. The van der Waals surface area contributed by atoms with E-state index in [-0.39, 0.29) is 5.56 Å². The first kappa shape index (κ1) is 12.7. The molecule has 0 aliphatic rings. The molecular formula is C15H20N2O. The average molecular weight is 244 g/mol. The number of H-pyrrole nitrogens is 1. The summed E-state index contributed by atoms with van der Waals surface area (Å²) >= 11 is 0. The van der Waals surface area contributed by atoms with Crippen LogP contribution in [0.4, 0.5) is 0 Å². The van der Waals surface area contributed by atoms with Gasteiger partial charge in [-0.15, -0.1) is 0 Å². The van der Waals surface area contributed by atoms with Crippen LogP contribution in [0.15, 0.2) is 35.1 Å². The molecule has 0 spiro atoms. The second kappa shape index (κ2) is 5.25. The van der Waals surface area contributed by atoms with Gasteiger partial charge in [0.2, 0.25) is 0 Å². The highest BCUT2D eigenvalue weighted by molar-refractivity contribution is 5.33. The summed E-state index contributed by atoms with van der Waals surface area (Å²) in [6.45, 7) is 6.36. The Labute approximate surface area is 107 Å². The lowest BCUT2D eigenvalue weighted by molar-refractivity contribution is 0.625. The van der Waals surface area contributed by atoms with Gasteiger partial charge in [0.05, 0.1) is 5.69 Å². The Hall–Kier alpha value is -1.77. The molecule has 1 N–H and O–H groups in total. The molecule has 3 nitrogen and oxygen atoms in total. The van der Waals surface area contributed by atoms with Crippen LogP contribution >= 0.6 is 0 Å². The molecule has 2 aromatic rings. The molecule has 0 aliphatic heterocycles. The van der Waals surface area contributed by atoms with Gasteiger partial charge in [-0.2, -0.15) is 0 Å². The number of aromatic nitrogens is 2. The summed E-state index contributed by atoms with van der Waals surface area (Å²) in [5.74, 6) is 0.539. The molecule has 0 unspecified atom stereocenters. The molecule has 0 saturated heterocycles. The molecule has 0 fully saturated rings. The topological polar surface area (TPSA) is 37.8 Å². The predicted molar refractivity (Wildman–Crippen MR) is 74.3 cm³/mol. The lowest BCUT2D eigenvalue weighted by Crippen LogP contribution is -2.16. The van der Waals surface area contributed by atoms with E-state index in [1.54, 1.807) is 4.68 Å². The molecule has 0 saturated carbocycles. The van der Waals surface area contributed by atoms with Gasteiger partial charge < -0.3 is 0 Å². The Balaban J connectivity index is 2.50. The maximum Gasteiger partial charge on any atom is 0.274 e. The molecular weight excluding hydrogens is 224 g/mol. The Kier molecular flexibility index (Phi) is 3.70. The second-order valence-electron chi connectivity index (χ2n) is 5.00. The second-order valence-corrected chi connectivity index (χ2v) is 5.00. The maximum atomic E-state index is 12.3. The number of aromatic amines is 1. The van der Waals surface area contributed by atoms with Crippen molar-refractivity contribution in [3.8, 4) is 5.69 Å². The fourth-order valence-corrected chi connectivity index (χ4v) is 2.22. The Bertz CT molecular complexity index is 564. The largest absolute Gasteiger partial charge is 0.295 e. The van der Waals surface area contributed by atoms with Crippen LogP contribution in [0, 0.1) is 5.92 Å². The Morgan fingerprint density at radius 2 is 1.89 bits per heavy atom. The molecule has 96 valence electrons. The summed E-state index contributed by atoms with van der Waals surface area (Å²) in [5.41, 5.74) is 2.96. The molecule has 0 atom stereocenters. The molecule has 18 heavy (non-hydrogen) atoms. The molecule has 0 amide bonds. The average Bonchev–Trinajstić information content (AvgIpc) is 2.66. The van der Waals surface area contributed by atoms with Crippen molar-refractivity contribution in [3.05, 3.63) is 51.9 Å². The van der Waals surface area contributed by atoms with Gasteiger partial charge in [0.1, 0.15) is 0 Å². The van der Waals surface area contributed by atoms with Crippen molar-refractivity contribution in [2.45, 2.75) is 33.6 Å². The zero-order valence-electron chi connectivity index (χ0n) is 11.2. The zero-order valence-corrected chi connectivity index (χ0v) is 11.2. The SMILES string of the molecule is CCc1c(CC(C)C)[nH]n(-c2ccccc2)c1=O. The van der Waals surface area contributed by atoms with Crippen LogP contribution < -0.4 is 5.56 Å². The number of hydrogen-bond donors (Lipinski definition) is 1. The van der Waals surface area contributed by atoms with Gasteiger partial charge in [0, 0.05) is 11.3 Å². The molecule has 1 aromatic heterocycles. The lowest BCUT2D eigenvalue weighted by atomic mass is 10.0. The maximum absolute atomic E-state index is 12.3. The summed E-state index contributed by atoms with van der Waals surface area (Å²) in [7, 11) is 0. The van der Waals surface area contributed by atoms with E-state index in [1.165, 1.54) is 0 Å². The van der Waals surface area contributed by atoms with E-state index in [9.17, 15) is 4.79 Å². The van der Waals surface area contributed by atoms with E-state index < -0.39 is 0 Å². The molecule has 2 rings (SSSR count). The summed E-state index contributed by atoms with van der Waals surface area (Å²) < 4.78 is 1.65. The van der Waals surface area contributed by atoms with Crippen molar-refractivity contribution in [1.82, 2.24) is 9.78 Å². The molecule has 1 heterocycles. The number of nitrogens with zero attached hydrogens (tertiary/aromatic N) is 1. The van der Waals surface area contributed by atoms with Crippen molar-refractivity contribution < 1.29 is 0 Å². The van der Waals surface area contributed by atoms with Crippen LogP contribution in [-0.4, -0.2) is 9.78 Å². The van der Waals surface area contributed by atoms with E-state index in [1.807, 2.05) is 37.3 Å². The number of benzene rings is 1. The zero-order chi connectivity index (χ0) is 13.1. The van der Waals surface area contributed by atoms with Crippen molar-refractivity contribution in [2.75, 3.05) is 0 Å². The third-order valence-electron chi connectivity index (χ3n) is 3.05. The Morgan fingerprint density at radius 1 is 1.22 bits per heavy atom. The number of hydrogen-bond acceptors (Lipinski definition) is 1. The van der Waals surface area contributed by atoms with Crippen LogP contribution in [-0.2, 0) is 12.8 Å². The molecule has 0 aliphatic carbocycles. The highest BCUT2D eigenvalue weighted by Crippen LogP contribution is 2.12. The van der Waals surface area contributed by atoms with Gasteiger partial charge in [-0.3, -0.25) is 9.89 Å². The molecule has 3 heteroatoms. The minimum Gasteiger partial charge on any atom is -0.295 e. The van der Waals surface area contributed by atoms with Gasteiger partial charge in [0.15, 0.2) is 0 Å². The monoisotopic (exact) mass is 244 g/mol. The van der Waals surface area contributed by atoms with Crippen molar-refractivity contribution in [1.29, 1.82) is 0 Å². The van der Waals surface area contributed by atoms with Crippen LogP contribution in [0.5, 0.6) is 0 Å². The predicted octanol–water partition coefficient (Wildman–Crippen LogP) is 2.93. The standard InChI is InChI=1S/C15H20N2O/c1-4-13-14(10-11(2)3)16-17(15(13)18)12-8-6-5-7-9-12/h5-9,11,16H,4,10H2,1-3H3. The van der Waals surface area contributed by atoms with Crippen molar-refractivity contribution in [3.63, 3.8) is 0 Å². The fraction of sp³-hybridized carbons (Fsp3) is 0.400. The summed E-state index contributed by atoms with van der Waals surface area (Å²) in [4.78, 5) is 12.3. The number of para-hydroxylation sites is 1. The first-order chi connectivity index (χ1) is 8.63. The quantitative estimate of drug-likeness (QED) is 0.882. The summed E-state index contributed by atoms with van der Waals surface area (Å²) in [6, 6.07) is 9.72. The normalized spacial score (nSPS) is 11.1. The first-order valence-corrected chi connectivity index (χ1v) is 6.51. The van der Waals surface area contributed by atoms with Gasteiger partial charge in [-0.05, 0) is 30.9 Å². The van der Waals surface area contributed by atoms with Crippen LogP contribution in [0.1, 0.15) is 32.0 Å². The smallest absolute Gasteiger partial charge is 0.274 e. The first-order valence-electron chi connectivity index (χ1n) is 6.51.